The number of benzene rings is 1. The third-order valence-electron chi connectivity index (χ3n) is 2.56. The van der Waals surface area contributed by atoms with E-state index < -0.39 is 23.2 Å². The fraction of sp³-hybridized carbons (Fsp3) is 0.333. The van der Waals surface area contributed by atoms with Gasteiger partial charge in [-0.25, -0.2) is 8.42 Å². The van der Waals surface area contributed by atoms with Crippen LogP contribution in [-0.2, 0) is 14.6 Å². The van der Waals surface area contributed by atoms with Crippen LogP contribution >= 0.6 is 47.8 Å². The van der Waals surface area contributed by atoms with Gasteiger partial charge in [0, 0.05) is 18.5 Å². The highest BCUT2D eigenvalue weighted by molar-refractivity contribution is 9.42. The number of nitrogens with one attached hydrogen (secondary N) is 1. The van der Waals surface area contributed by atoms with Crippen molar-refractivity contribution in [3.05, 3.63) is 29.8 Å². The van der Waals surface area contributed by atoms with E-state index in [1.54, 1.807) is 0 Å². The Morgan fingerprint density at radius 3 is 2.41 bits per heavy atom. The Balaban J connectivity index is 2.85. The molecular formula is C12H12Br3NO5S. The minimum absolute atomic E-state index is 0.0451. The number of alkyl halides is 3. The molecule has 0 saturated carbocycles. The molecule has 1 rings (SSSR count). The molecule has 122 valence electrons. The highest BCUT2D eigenvalue weighted by atomic mass is 80.0. The normalized spacial score (nSPS) is 12.0. The molecule has 0 fully saturated rings. The number of carboxylic acids is 1. The predicted molar refractivity (Wildman–Crippen MR) is 92.3 cm³/mol. The van der Waals surface area contributed by atoms with E-state index in [0.29, 0.717) is 6.42 Å². The maximum atomic E-state index is 12.2. The van der Waals surface area contributed by atoms with Gasteiger partial charge in [-0.05, 0) is 72.4 Å². The van der Waals surface area contributed by atoms with Gasteiger partial charge in [0.05, 0.1) is 4.90 Å². The maximum Gasteiger partial charge on any atom is 0.303 e. The number of sulfone groups is 1. The molecule has 0 unspecified atom stereocenters. The van der Waals surface area contributed by atoms with Gasteiger partial charge >= 0.3 is 5.97 Å². The van der Waals surface area contributed by atoms with E-state index in [1.165, 1.54) is 24.3 Å². The monoisotopic (exact) mass is 519 g/mol. The molecule has 0 heterocycles. The van der Waals surface area contributed by atoms with Crippen molar-refractivity contribution in [3.63, 3.8) is 0 Å². The molecule has 2 N–H and O–H groups in total. The van der Waals surface area contributed by atoms with Gasteiger partial charge in [0.25, 0.3) is 5.91 Å². The van der Waals surface area contributed by atoms with E-state index >= 15 is 0 Å². The van der Waals surface area contributed by atoms with Gasteiger partial charge in [-0.2, -0.15) is 0 Å². The molecule has 0 bridgehead atoms. The summed E-state index contributed by atoms with van der Waals surface area (Å²) >= 11 is 8.86. The zero-order valence-electron chi connectivity index (χ0n) is 11.1. The molecule has 0 aliphatic carbocycles. The molecule has 0 atom stereocenters. The van der Waals surface area contributed by atoms with E-state index in [0.717, 1.165) is 0 Å². The molecule has 0 aliphatic rings. The number of aliphatic carboxylic acids is 1. The number of hydrogen-bond acceptors (Lipinski definition) is 4. The van der Waals surface area contributed by atoms with Crippen molar-refractivity contribution in [3.8, 4) is 0 Å². The van der Waals surface area contributed by atoms with Gasteiger partial charge in [0.15, 0.2) is 0 Å². The highest BCUT2D eigenvalue weighted by Gasteiger charge is 2.37. The summed E-state index contributed by atoms with van der Waals surface area (Å²) in [6.45, 7) is 0.196. The smallest absolute Gasteiger partial charge is 0.303 e. The summed E-state index contributed by atoms with van der Waals surface area (Å²) in [5, 5.41) is 11.0. The van der Waals surface area contributed by atoms with Crippen molar-refractivity contribution in [2.24, 2.45) is 0 Å². The molecule has 1 aromatic rings. The Morgan fingerprint density at radius 2 is 1.86 bits per heavy atom. The maximum absolute atomic E-state index is 12.2. The van der Waals surface area contributed by atoms with E-state index in [1.807, 2.05) is 0 Å². The van der Waals surface area contributed by atoms with Crippen molar-refractivity contribution in [1.29, 1.82) is 0 Å². The Morgan fingerprint density at radius 1 is 1.23 bits per heavy atom. The molecule has 22 heavy (non-hydrogen) atoms. The lowest BCUT2D eigenvalue weighted by atomic mass is 10.2. The summed E-state index contributed by atoms with van der Waals surface area (Å²) in [4.78, 5) is 22.3. The lowest BCUT2D eigenvalue weighted by Crippen LogP contribution is -2.25. The first kappa shape index (κ1) is 19.6. The number of hydrogen-bond donors (Lipinski definition) is 2. The van der Waals surface area contributed by atoms with Crippen LogP contribution in [0.25, 0.3) is 0 Å². The van der Waals surface area contributed by atoms with Crippen LogP contribution in [0.2, 0.25) is 0 Å². The second-order valence-corrected chi connectivity index (χ2v) is 14.7. The number of carbonyl (C=O) groups is 2. The zero-order valence-corrected chi connectivity index (χ0v) is 16.6. The van der Waals surface area contributed by atoms with Crippen molar-refractivity contribution < 1.29 is 23.1 Å². The SMILES string of the molecule is O=C(O)CCCNC(=O)c1cccc(S(=O)(=O)C(Br)(Br)Br)c1. The van der Waals surface area contributed by atoms with Crippen LogP contribution in [-0.4, -0.2) is 33.4 Å². The first-order valence-corrected chi connectivity index (χ1v) is 9.83. The van der Waals surface area contributed by atoms with Crippen LogP contribution in [0.4, 0.5) is 0 Å². The molecule has 1 amide bonds. The lowest BCUT2D eigenvalue weighted by Gasteiger charge is -2.14. The molecular weight excluding hydrogens is 510 g/mol. The average molecular weight is 522 g/mol. The number of halogens is 3. The van der Waals surface area contributed by atoms with Crippen LogP contribution in [0.5, 0.6) is 0 Å². The first-order valence-electron chi connectivity index (χ1n) is 5.97. The van der Waals surface area contributed by atoms with Gasteiger partial charge in [-0.1, -0.05) is 6.07 Å². The highest BCUT2D eigenvalue weighted by Crippen LogP contribution is 2.43. The standard InChI is InChI=1S/C12H12Br3NO5S/c13-12(14,15)22(20,21)9-4-1-3-8(7-9)11(19)16-6-2-5-10(17)18/h1,3-4,7H,2,5-6H2,(H,16,19)(H,17,18). The minimum Gasteiger partial charge on any atom is -0.481 e. The second-order valence-electron chi connectivity index (χ2n) is 4.23. The van der Waals surface area contributed by atoms with Gasteiger partial charge in [-0.15, -0.1) is 0 Å². The summed E-state index contributed by atoms with van der Waals surface area (Å²) < 4.78 is 22.9. The van der Waals surface area contributed by atoms with E-state index in [-0.39, 0.29) is 23.4 Å². The molecule has 6 nitrogen and oxygen atoms in total. The van der Waals surface area contributed by atoms with E-state index in [4.69, 9.17) is 5.11 Å². The van der Waals surface area contributed by atoms with Gasteiger partial charge in [0.2, 0.25) is 11.3 Å². The molecule has 0 radical (unpaired) electrons. The Labute approximate surface area is 153 Å². The molecule has 1 aromatic carbocycles. The summed E-state index contributed by atoms with van der Waals surface area (Å²) in [5.74, 6) is -1.41. The first-order chi connectivity index (χ1) is 10.1. The fourth-order valence-electron chi connectivity index (χ4n) is 1.48. The second kappa shape index (κ2) is 7.89. The minimum atomic E-state index is -3.78. The van der Waals surface area contributed by atoms with Gasteiger partial charge in [-0.3, -0.25) is 9.59 Å². The number of carbonyl (C=O) groups excluding carboxylic acids is 1. The number of carboxylic acid groups (broad SMARTS) is 1. The third-order valence-corrected chi connectivity index (χ3v) is 7.88. The van der Waals surface area contributed by atoms with Crippen molar-refractivity contribution in [2.45, 2.75) is 19.2 Å². The van der Waals surface area contributed by atoms with Crippen LogP contribution in [0.15, 0.2) is 29.2 Å². The van der Waals surface area contributed by atoms with Gasteiger partial charge in [0.1, 0.15) is 0 Å². The van der Waals surface area contributed by atoms with Crippen molar-refractivity contribution >= 4 is 69.5 Å². The van der Waals surface area contributed by atoms with E-state index in [2.05, 4.69) is 53.1 Å². The third kappa shape index (κ3) is 5.32. The molecule has 0 aromatic heterocycles. The summed E-state index contributed by atoms with van der Waals surface area (Å²) in [6, 6.07) is 5.55. The lowest BCUT2D eigenvalue weighted by molar-refractivity contribution is -0.137. The summed E-state index contributed by atoms with van der Waals surface area (Å²) in [7, 11) is -3.78. The van der Waals surface area contributed by atoms with Crippen LogP contribution in [0.1, 0.15) is 23.2 Å². The Bertz CT molecular complexity index is 670. The molecule has 0 aliphatic heterocycles. The van der Waals surface area contributed by atoms with Crippen LogP contribution in [0, 0.1) is 0 Å². The predicted octanol–water partition coefficient (Wildman–Crippen LogP) is 2.85. The average Bonchev–Trinajstić information content (AvgIpc) is 2.42. The Hall–Kier alpha value is -0.450. The number of amides is 1. The van der Waals surface area contributed by atoms with Crippen molar-refractivity contribution in [2.75, 3.05) is 6.54 Å². The summed E-state index contributed by atoms with van der Waals surface area (Å²) in [6.07, 6.45) is 0.250. The fourth-order valence-corrected chi connectivity index (χ4v) is 3.97. The quantitative estimate of drug-likeness (QED) is 0.443. The summed E-state index contributed by atoms with van der Waals surface area (Å²) in [5.41, 5.74) is 0.174. The molecule has 0 saturated heterocycles. The Kier molecular flexibility index (Phi) is 7.03. The number of rotatable bonds is 6. The van der Waals surface area contributed by atoms with Gasteiger partial charge < -0.3 is 10.4 Å². The van der Waals surface area contributed by atoms with E-state index in [9.17, 15) is 18.0 Å². The van der Waals surface area contributed by atoms with Crippen LogP contribution < -0.4 is 5.32 Å². The molecule has 10 heteroatoms. The van der Waals surface area contributed by atoms with Crippen molar-refractivity contribution in [1.82, 2.24) is 5.32 Å². The largest absolute Gasteiger partial charge is 0.481 e. The molecule has 0 spiro atoms. The van der Waals surface area contributed by atoms with Crippen LogP contribution in [0.3, 0.4) is 0 Å². The topological polar surface area (TPSA) is 101 Å². The zero-order chi connectivity index (χ0) is 17.0.